The summed E-state index contributed by atoms with van der Waals surface area (Å²) in [4.78, 5) is 0. The molecule has 0 aliphatic rings. The van der Waals surface area contributed by atoms with Gasteiger partial charge in [0.05, 0.1) is 0 Å². The maximum absolute atomic E-state index is 16.2. The van der Waals surface area contributed by atoms with Crippen LogP contribution in [0.5, 0.6) is 0 Å². The van der Waals surface area contributed by atoms with Crippen molar-refractivity contribution in [3.8, 4) is 0 Å². The van der Waals surface area contributed by atoms with Crippen LogP contribution in [-0.4, -0.2) is 0 Å². The molecule has 6 heteroatoms. The van der Waals surface area contributed by atoms with Gasteiger partial charge in [0.1, 0.15) is 0 Å². The number of rotatable bonds is 3. The van der Waals surface area contributed by atoms with Gasteiger partial charge >= 0.3 is 135 Å². The monoisotopic (exact) mass is 354 g/mol. The van der Waals surface area contributed by atoms with E-state index in [1.54, 1.807) is 12.1 Å². The molecule has 3 aromatic rings. The van der Waals surface area contributed by atoms with E-state index in [1.807, 2.05) is 0 Å². The van der Waals surface area contributed by atoms with Crippen LogP contribution in [0, 0.1) is 17.5 Å². The van der Waals surface area contributed by atoms with Crippen LogP contribution in [0.1, 0.15) is 0 Å². The Morgan fingerprint density at radius 2 is 1.00 bits per heavy atom. The van der Waals surface area contributed by atoms with Gasteiger partial charge in [-0.05, 0) is 0 Å². The van der Waals surface area contributed by atoms with Crippen molar-refractivity contribution in [1.82, 2.24) is 0 Å². The van der Waals surface area contributed by atoms with Gasteiger partial charge in [-0.15, -0.1) is 0 Å². The fraction of sp³-hybridized carbons (Fsp3) is 0. The van der Waals surface area contributed by atoms with Crippen LogP contribution in [0.2, 0.25) is 0 Å². The van der Waals surface area contributed by atoms with E-state index in [-0.39, 0.29) is 0 Å². The maximum atomic E-state index is 16.2. The van der Waals surface area contributed by atoms with Gasteiger partial charge in [0.25, 0.3) is 0 Å². The van der Waals surface area contributed by atoms with Gasteiger partial charge in [-0.25, -0.2) is 0 Å². The van der Waals surface area contributed by atoms with Crippen molar-refractivity contribution in [2.24, 2.45) is 0 Å². The normalized spacial score (nSPS) is 13.3. The van der Waals surface area contributed by atoms with Crippen molar-refractivity contribution < 1.29 is 21.6 Å². The summed E-state index contributed by atoms with van der Waals surface area (Å²) < 4.78 is 73.6. The summed E-state index contributed by atoms with van der Waals surface area (Å²) in [5.41, 5.74) is 0. The number of hydrogen-bond donors (Lipinski definition) is 0. The Bertz CT molecular complexity index is 835. The van der Waals surface area contributed by atoms with Crippen molar-refractivity contribution in [1.29, 1.82) is 0 Å². The van der Waals surface area contributed by atoms with Crippen LogP contribution >= 0.6 is 7.22 Å². The first-order valence-corrected chi connectivity index (χ1v) is 9.08. The second kappa shape index (κ2) is 5.67. The Morgan fingerprint density at radius 3 is 1.46 bits per heavy atom. The third-order valence-electron chi connectivity index (χ3n) is 3.86. The number of hydrogen-bond acceptors (Lipinski definition) is 0. The molecule has 0 unspecified atom stereocenters. The van der Waals surface area contributed by atoms with Crippen LogP contribution < -0.4 is 15.9 Å². The van der Waals surface area contributed by atoms with Gasteiger partial charge < -0.3 is 0 Å². The van der Waals surface area contributed by atoms with Crippen molar-refractivity contribution in [2.45, 2.75) is 0 Å². The number of benzene rings is 3. The fourth-order valence-corrected chi connectivity index (χ4v) is 5.65. The van der Waals surface area contributed by atoms with Crippen LogP contribution in [0.15, 0.2) is 72.8 Å². The van der Waals surface area contributed by atoms with Crippen LogP contribution in [0.4, 0.5) is 21.6 Å². The van der Waals surface area contributed by atoms with Crippen molar-refractivity contribution in [3.05, 3.63) is 90.2 Å². The summed E-state index contributed by atoms with van der Waals surface area (Å²) in [7, 11) is -6.26. The van der Waals surface area contributed by atoms with Crippen molar-refractivity contribution >= 4 is 23.1 Å². The zero-order chi connectivity index (χ0) is 17.4. The first-order valence-electron chi connectivity index (χ1n) is 7.06. The Kier molecular flexibility index (Phi) is 3.92. The zero-order valence-electron chi connectivity index (χ0n) is 12.3. The average molecular weight is 354 g/mol. The van der Waals surface area contributed by atoms with Gasteiger partial charge in [0, 0.05) is 0 Å². The minimum atomic E-state index is -6.26. The summed E-state index contributed by atoms with van der Waals surface area (Å²) in [6.45, 7) is 0. The molecule has 0 aliphatic heterocycles. The average Bonchev–Trinajstić information content (AvgIpc) is 2.61. The van der Waals surface area contributed by atoms with E-state index in [9.17, 15) is 13.2 Å². The Hall–Kier alpha value is -2.26. The van der Waals surface area contributed by atoms with E-state index < -0.39 is 40.6 Å². The Morgan fingerprint density at radius 1 is 0.542 bits per heavy atom. The molecule has 0 saturated heterocycles. The molecule has 0 aliphatic carbocycles. The van der Waals surface area contributed by atoms with Gasteiger partial charge in [0.15, 0.2) is 0 Å². The third-order valence-corrected chi connectivity index (χ3v) is 7.46. The van der Waals surface area contributed by atoms with E-state index >= 15 is 8.39 Å². The topological polar surface area (TPSA) is 0 Å². The molecule has 0 saturated carbocycles. The fourth-order valence-electron chi connectivity index (χ4n) is 2.63. The summed E-state index contributed by atoms with van der Waals surface area (Å²) >= 11 is 0. The molecule has 0 spiro atoms. The van der Waals surface area contributed by atoms with E-state index in [4.69, 9.17) is 0 Å². The molecule has 0 N–H and O–H groups in total. The second-order valence-corrected chi connectivity index (χ2v) is 8.60. The van der Waals surface area contributed by atoms with Crippen molar-refractivity contribution in [3.63, 3.8) is 0 Å². The summed E-state index contributed by atoms with van der Waals surface area (Å²) in [5.74, 6) is -5.26. The zero-order valence-corrected chi connectivity index (χ0v) is 13.2. The molecular weight excluding hydrogens is 342 g/mol. The van der Waals surface area contributed by atoms with Crippen LogP contribution in [0.25, 0.3) is 0 Å². The number of halogens is 5. The standard InChI is InChI=1S/C18H12F5P/c19-15-11-12-16(18(21)17(15)20)24(22,23,13-7-3-1-4-8-13)14-9-5-2-6-10-14/h1-12H. The Labute approximate surface area is 135 Å². The molecule has 0 aromatic heterocycles. The third kappa shape index (κ3) is 2.31. The van der Waals surface area contributed by atoms with E-state index in [0.717, 1.165) is 0 Å². The van der Waals surface area contributed by atoms with Gasteiger partial charge in [0.2, 0.25) is 0 Å². The molecule has 3 aromatic carbocycles. The molecule has 124 valence electrons. The van der Waals surface area contributed by atoms with Gasteiger partial charge in [-0.3, -0.25) is 0 Å². The SMILES string of the molecule is Fc1ccc(P(F)(F)(c2ccccc2)c2ccccc2)c(F)c1F. The molecule has 0 heterocycles. The molecule has 3 rings (SSSR count). The molecule has 24 heavy (non-hydrogen) atoms. The van der Waals surface area contributed by atoms with Crippen LogP contribution in [-0.2, 0) is 0 Å². The second-order valence-electron chi connectivity index (χ2n) is 5.27. The van der Waals surface area contributed by atoms with Crippen LogP contribution in [0.3, 0.4) is 0 Å². The van der Waals surface area contributed by atoms with E-state index in [1.165, 1.54) is 48.5 Å². The molecular formula is C18H12F5P. The molecule has 0 nitrogen and oxygen atoms in total. The first kappa shape index (κ1) is 16.6. The molecule has 0 atom stereocenters. The first-order chi connectivity index (χ1) is 11.4. The molecule has 0 fully saturated rings. The Balaban J connectivity index is 2.44. The summed E-state index contributed by atoms with van der Waals surface area (Å²) in [5, 5.41) is -1.95. The summed E-state index contributed by atoms with van der Waals surface area (Å²) in [6.07, 6.45) is 0. The minimum absolute atomic E-state index is 0.417. The quantitative estimate of drug-likeness (QED) is 0.363. The van der Waals surface area contributed by atoms with E-state index in [2.05, 4.69) is 0 Å². The summed E-state index contributed by atoms with van der Waals surface area (Å²) in [6, 6.07) is 14.5. The van der Waals surface area contributed by atoms with Crippen molar-refractivity contribution in [2.75, 3.05) is 0 Å². The molecule has 0 amide bonds. The predicted octanol–water partition coefficient (Wildman–Crippen LogP) is 4.70. The molecule has 0 radical (unpaired) electrons. The molecule has 0 bridgehead atoms. The van der Waals surface area contributed by atoms with Gasteiger partial charge in [-0.1, -0.05) is 0 Å². The predicted molar refractivity (Wildman–Crippen MR) is 87.2 cm³/mol. The van der Waals surface area contributed by atoms with Gasteiger partial charge in [-0.2, -0.15) is 0 Å². The van der Waals surface area contributed by atoms with E-state index in [0.29, 0.717) is 12.1 Å².